The van der Waals surface area contributed by atoms with Crippen LogP contribution < -0.4 is 14.8 Å². The second-order valence-electron chi connectivity index (χ2n) is 5.90. The highest BCUT2D eigenvalue weighted by Crippen LogP contribution is 2.31. The minimum atomic E-state index is 0.284. The highest BCUT2D eigenvalue weighted by Gasteiger charge is 2.21. The van der Waals surface area contributed by atoms with Crippen LogP contribution in [0.2, 0.25) is 0 Å². The van der Waals surface area contributed by atoms with Crippen molar-refractivity contribution in [1.29, 1.82) is 0 Å². The lowest BCUT2D eigenvalue weighted by Gasteiger charge is -2.29. The standard InChI is InChI=1S/C16H27NO2/c1-12(2)16(3,4)11-17-10-13-8-7-9-14(18-5)15(13)19-6/h7-9,12,17H,10-11H2,1-6H3. The molecule has 3 heteroatoms. The van der Waals surface area contributed by atoms with Crippen LogP contribution in [-0.4, -0.2) is 20.8 Å². The topological polar surface area (TPSA) is 30.5 Å². The summed E-state index contributed by atoms with van der Waals surface area (Å²) in [4.78, 5) is 0. The SMILES string of the molecule is COc1cccc(CNCC(C)(C)C(C)C)c1OC. The van der Waals surface area contributed by atoms with E-state index in [2.05, 4.69) is 39.1 Å². The van der Waals surface area contributed by atoms with E-state index >= 15 is 0 Å². The molecule has 0 bridgehead atoms. The number of hydrogen-bond acceptors (Lipinski definition) is 3. The molecule has 0 saturated heterocycles. The number of ether oxygens (including phenoxy) is 2. The zero-order valence-corrected chi connectivity index (χ0v) is 13.0. The molecule has 0 heterocycles. The Bertz CT molecular complexity index is 400. The van der Waals surface area contributed by atoms with Crippen LogP contribution >= 0.6 is 0 Å². The van der Waals surface area contributed by atoms with Gasteiger partial charge in [0.1, 0.15) is 0 Å². The molecule has 0 atom stereocenters. The van der Waals surface area contributed by atoms with Crippen LogP contribution in [0.5, 0.6) is 11.5 Å². The summed E-state index contributed by atoms with van der Waals surface area (Å²) in [5, 5.41) is 3.51. The van der Waals surface area contributed by atoms with Crippen LogP contribution in [0.15, 0.2) is 18.2 Å². The Hall–Kier alpha value is -1.22. The Kier molecular flexibility index (Phi) is 5.67. The summed E-state index contributed by atoms with van der Waals surface area (Å²) in [6.07, 6.45) is 0. The highest BCUT2D eigenvalue weighted by molar-refractivity contribution is 5.46. The number of benzene rings is 1. The molecule has 0 spiro atoms. The quantitative estimate of drug-likeness (QED) is 0.819. The molecule has 108 valence electrons. The van der Waals surface area contributed by atoms with Crippen LogP contribution in [0.25, 0.3) is 0 Å². The summed E-state index contributed by atoms with van der Waals surface area (Å²) in [6.45, 7) is 10.9. The van der Waals surface area contributed by atoms with E-state index in [4.69, 9.17) is 9.47 Å². The van der Waals surface area contributed by atoms with E-state index in [1.165, 1.54) is 0 Å². The van der Waals surface area contributed by atoms with E-state index in [0.29, 0.717) is 5.92 Å². The first kappa shape index (κ1) is 15.8. The Labute approximate surface area is 117 Å². The van der Waals surface area contributed by atoms with E-state index in [9.17, 15) is 0 Å². The van der Waals surface area contributed by atoms with Gasteiger partial charge in [0.05, 0.1) is 14.2 Å². The summed E-state index contributed by atoms with van der Waals surface area (Å²) >= 11 is 0. The highest BCUT2D eigenvalue weighted by atomic mass is 16.5. The zero-order chi connectivity index (χ0) is 14.5. The summed E-state index contributed by atoms with van der Waals surface area (Å²) in [5.74, 6) is 2.25. The van der Waals surface area contributed by atoms with Crippen molar-refractivity contribution in [2.45, 2.75) is 34.2 Å². The van der Waals surface area contributed by atoms with Gasteiger partial charge in [-0.2, -0.15) is 0 Å². The van der Waals surface area contributed by atoms with Crippen molar-refractivity contribution in [2.75, 3.05) is 20.8 Å². The third-order valence-electron chi connectivity index (χ3n) is 3.94. The lowest BCUT2D eigenvalue weighted by atomic mass is 9.81. The first-order valence-corrected chi connectivity index (χ1v) is 6.83. The molecule has 0 amide bonds. The monoisotopic (exact) mass is 265 g/mol. The molecule has 0 aliphatic carbocycles. The minimum absolute atomic E-state index is 0.284. The number of rotatable bonds is 7. The molecule has 0 radical (unpaired) electrons. The van der Waals surface area contributed by atoms with Crippen LogP contribution in [0.4, 0.5) is 0 Å². The van der Waals surface area contributed by atoms with Crippen molar-refractivity contribution in [3.8, 4) is 11.5 Å². The second-order valence-corrected chi connectivity index (χ2v) is 5.90. The predicted octanol–water partition coefficient (Wildman–Crippen LogP) is 3.48. The Morgan fingerprint density at radius 3 is 2.37 bits per heavy atom. The third kappa shape index (κ3) is 4.13. The summed E-state index contributed by atoms with van der Waals surface area (Å²) in [6, 6.07) is 5.98. The van der Waals surface area contributed by atoms with Crippen LogP contribution in [0.1, 0.15) is 33.3 Å². The van der Waals surface area contributed by atoms with Gasteiger partial charge >= 0.3 is 0 Å². The van der Waals surface area contributed by atoms with Gasteiger partial charge in [-0.05, 0) is 17.4 Å². The Morgan fingerprint density at radius 2 is 1.84 bits per heavy atom. The van der Waals surface area contributed by atoms with Gasteiger partial charge in [-0.25, -0.2) is 0 Å². The second kappa shape index (κ2) is 6.80. The van der Waals surface area contributed by atoms with Crippen LogP contribution in [-0.2, 0) is 6.54 Å². The molecule has 1 N–H and O–H groups in total. The largest absolute Gasteiger partial charge is 0.493 e. The van der Waals surface area contributed by atoms with Gasteiger partial charge < -0.3 is 14.8 Å². The molecule has 0 unspecified atom stereocenters. The van der Waals surface area contributed by atoms with Gasteiger partial charge in [-0.15, -0.1) is 0 Å². The van der Waals surface area contributed by atoms with Gasteiger partial charge in [0.15, 0.2) is 11.5 Å². The number of para-hydroxylation sites is 1. The Balaban J connectivity index is 2.68. The van der Waals surface area contributed by atoms with E-state index in [-0.39, 0.29) is 5.41 Å². The summed E-state index contributed by atoms with van der Waals surface area (Å²) in [7, 11) is 3.34. The number of nitrogens with one attached hydrogen (secondary N) is 1. The third-order valence-corrected chi connectivity index (χ3v) is 3.94. The molecular weight excluding hydrogens is 238 g/mol. The van der Waals surface area contributed by atoms with Crippen LogP contribution in [0.3, 0.4) is 0 Å². The average Bonchev–Trinajstić information content (AvgIpc) is 2.37. The van der Waals surface area contributed by atoms with E-state index in [1.54, 1.807) is 14.2 Å². The average molecular weight is 265 g/mol. The fourth-order valence-electron chi connectivity index (χ4n) is 1.82. The molecule has 0 saturated carbocycles. The smallest absolute Gasteiger partial charge is 0.165 e. The first-order chi connectivity index (χ1) is 8.92. The zero-order valence-electron chi connectivity index (χ0n) is 13.0. The molecule has 0 fully saturated rings. The van der Waals surface area contributed by atoms with E-state index in [1.807, 2.05) is 12.1 Å². The molecule has 0 aliphatic rings. The molecular formula is C16H27NO2. The molecule has 19 heavy (non-hydrogen) atoms. The van der Waals surface area contributed by atoms with Gasteiger partial charge in [0.25, 0.3) is 0 Å². The molecule has 1 aromatic rings. The fourth-order valence-corrected chi connectivity index (χ4v) is 1.82. The number of methoxy groups -OCH3 is 2. The normalized spacial score (nSPS) is 11.7. The van der Waals surface area contributed by atoms with Gasteiger partial charge in [0.2, 0.25) is 0 Å². The van der Waals surface area contributed by atoms with Crippen molar-refractivity contribution in [1.82, 2.24) is 5.32 Å². The molecule has 0 aliphatic heterocycles. The lowest BCUT2D eigenvalue weighted by molar-refractivity contribution is 0.237. The predicted molar refractivity (Wildman–Crippen MR) is 79.9 cm³/mol. The van der Waals surface area contributed by atoms with Crippen molar-refractivity contribution in [2.24, 2.45) is 11.3 Å². The molecule has 1 rings (SSSR count). The maximum absolute atomic E-state index is 5.43. The van der Waals surface area contributed by atoms with Crippen molar-refractivity contribution >= 4 is 0 Å². The maximum atomic E-state index is 5.43. The minimum Gasteiger partial charge on any atom is -0.493 e. The van der Waals surface area contributed by atoms with Gasteiger partial charge in [0, 0.05) is 18.7 Å². The first-order valence-electron chi connectivity index (χ1n) is 6.83. The summed E-state index contributed by atoms with van der Waals surface area (Å²) < 4.78 is 10.7. The van der Waals surface area contributed by atoms with E-state index in [0.717, 1.165) is 30.2 Å². The number of hydrogen-bond donors (Lipinski definition) is 1. The van der Waals surface area contributed by atoms with Crippen molar-refractivity contribution in [3.63, 3.8) is 0 Å². The fraction of sp³-hybridized carbons (Fsp3) is 0.625. The lowest BCUT2D eigenvalue weighted by Crippen LogP contribution is -2.33. The van der Waals surface area contributed by atoms with E-state index < -0.39 is 0 Å². The van der Waals surface area contributed by atoms with Crippen molar-refractivity contribution in [3.05, 3.63) is 23.8 Å². The van der Waals surface area contributed by atoms with Crippen molar-refractivity contribution < 1.29 is 9.47 Å². The Morgan fingerprint density at radius 1 is 1.16 bits per heavy atom. The van der Waals surface area contributed by atoms with Gasteiger partial charge in [-0.3, -0.25) is 0 Å². The molecule has 0 aromatic heterocycles. The van der Waals surface area contributed by atoms with Gasteiger partial charge in [-0.1, -0.05) is 39.8 Å². The van der Waals surface area contributed by atoms with Crippen LogP contribution in [0, 0.1) is 11.3 Å². The maximum Gasteiger partial charge on any atom is 0.165 e. The summed E-state index contributed by atoms with van der Waals surface area (Å²) in [5.41, 5.74) is 1.41. The molecule has 3 nitrogen and oxygen atoms in total. The molecule has 1 aromatic carbocycles.